The SMILES string of the molecule is CCCC(F)C(F)(F)OC(=O)C(=C(C(F)(F)F)C(F)(F)F)C(F)(F)F. The Morgan fingerprint density at radius 2 is 1.24 bits per heavy atom. The molecule has 0 aliphatic carbocycles. The first kappa shape index (κ1) is 23.4. The summed E-state index contributed by atoms with van der Waals surface area (Å²) in [4.78, 5) is 11.0. The Hall–Kier alpha value is -1.63. The van der Waals surface area contributed by atoms with Crippen LogP contribution in [0.15, 0.2) is 11.1 Å². The minimum Gasteiger partial charge on any atom is -0.395 e. The molecule has 0 amide bonds. The van der Waals surface area contributed by atoms with Crippen LogP contribution in [-0.4, -0.2) is 36.8 Å². The summed E-state index contributed by atoms with van der Waals surface area (Å²) in [5.41, 5.74) is -8.45. The summed E-state index contributed by atoms with van der Waals surface area (Å²) < 4.78 is 153. The molecule has 1 atom stereocenters. The second kappa shape index (κ2) is 7.32. The van der Waals surface area contributed by atoms with Crippen LogP contribution in [-0.2, 0) is 9.53 Å². The maximum atomic E-state index is 13.1. The van der Waals surface area contributed by atoms with E-state index in [2.05, 4.69) is 4.74 Å². The van der Waals surface area contributed by atoms with E-state index in [4.69, 9.17) is 0 Å². The van der Waals surface area contributed by atoms with Gasteiger partial charge >= 0.3 is 30.6 Å². The normalized spacial score (nSPS) is 14.9. The van der Waals surface area contributed by atoms with Gasteiger partial charge in [-0.25, -0.2) is 9.18 Å². The summed E-state index contributed by atoms with van der Waals surface area (Å²) in [5.74, 6) is -3.71. The summed E-state index contributed by atoms with van der Waals surface area (Å²) in [6.07, 6.45) is -30.5. The second-order valence-electron chi connectivity index (χ2n) is 4.45. The zero-order valence-corrected chi connectivity index (χ0v) is 11.8. The van der Waals surface area contributed by atoms with E-state index in [1.807, 2.05) is 0 Å². The van der Waals surface area contributed by atoms with Crippen LogP contribution in [0.25, 0.3) is 0 Å². The van der Waals surface area contributed by atoms with Gasteiger partial charge in [0.15, 0.2) is 11.1 Å². The van der Waals surface area contributed by atoms with Gasteiger partial charge in [-0.15, -0.1) is 0 Å². The van der Waals surface area contributed by atoms with Crippen molar-refractivity contribution in [2.45, 2.75) is 50.6 Å². The molecule has 0 N–H and O–H groups in total. The van der Waals surface area contributed by atoms with Crippen LogP contribution in [0.3, 0.4) is 0 Å². The van der Waals surface area contributed by atoms with E-state index >= 15 is 0 Å². The summed E-state index contributed by atoms with van der Waals surface area (Å²) >= 11 is 0. The van der Waals surface area contributed by atoms with E-state index in [1.54, 1.807) is 0 Å². The molecule has 2 nitrogen and oxygen atoms in total. The van der Waals surface area contributed by atoms with Crippen molar-refractivity contribution >= 4 is 5.97 Å². The fourth-order valence-corrected chi connectivity index (χ4v) is 1.46. The molecule has 0 aromatic heterocycles. The summed E-state index contributed by atoms with van der Waals surface area (Å²) in [6, 6.07) is 0. The molecule has 0 rings (SSSR count). The van der Waals surface area contributed by atoms with Crippen LogP contribution in [0, 0.1) is 0 Å². The molecule has 0 aromatic carbocycles. The average Bonchev–Trinajstić information content (AvgIpc) is 2.30. The van der Waals surface area contributed by atoms with Crippen LogP contribution < -0.4 is 0 Å². The van der Waals surface area contributed by atoms with Crippen molar-refractivity contribution in [3.63, 3.8) is 0 Å². The lowest BCUT2D eigenvalue weighted by atomic mass is 10.1. The third kappa shape index (κ3) is 6.30. The zero-order chi connectivity index (χ0) is 20.4. The first-order chi connectivity index (χ1) is 10.9. The van der Waals surface area contributed by atoms with E-state index < -0.39 is 54.3 Å². The van der Waals surface area contributed by atoms with Crippen molar-refractivity contribution in [2.24, 2.45) is 0 Å². The molecule has 0 radical (unpaired) electrons. The number of hydrogen-bond acceptors (Lipinski definition) is 2. The van der Waals surface area contributed by atoms with Crippen molar-refractivity contribution in [3.05, 3.63) is 11.1 Å². The highest BCUT2D eigenvalue weighted by atomic mass is 19.4. The van der Waals surface area contributed by atoms with Crippen molar-refractivity contribution in [2.75, 3.05) is 0 Å². The van der Waals surface area contributed by atoms with Crippen LogP contribution >= 0.6 is 0 Å². The lowest BCUT2D eigenvalue weighted by molar-refractivity contribution is -0.262. The monoisotopic (exact) mass is 400 g/mol. The molecular weight excluding hydrogens is 392 g/mol. The Morgan fingerprint density at radius 3 is 1.52 bits per heavy atom. The van der Waals surface area contributed by atoms with Crippen LogP contribution in [0.2, 0.25) is 0 Å². The van der Waals surface area contributed by atoms with Crippen molar-refractivity contribution in [1.82, 2.24) is 0 Å². The number of hydrogen-bond donors (Lipinski definition) is 0. The first-order valence-electron chi connectivity index (χ1n) is 6.06. The molecule has 0 bridgehead atoms. The Bertz CT molecular complexity index is 495. The van der Waals surface area contributed by atoms with Gasteiger partial charge in [-0.2, -0.15) is 48.3 Å². The molecule has 0 heterocycles. The van der Waals surface area contributed by atoms with Gasteiger partial charge in [-0.05, 0) is 6.42 Å². The number of allylic oxidation sites excluding steroid dienone is 1. The fourth-order valence-electron chi connectivity index (χ4n) is 1.46. The average molecular weight is 400 g/mol. The van der Waals surface area contributed by atoms with Gasteiger partial charge in [0.25, 0.3) is 0 Å². The van der Waals surface area contributed by atoms with E-state index in [0.29, 0.717) is 0 Å². The standard InChI is InChI=1S/C11H8F12O2/c1-2-3-4(12)11(22,23)25-7(24)5(8(13,14)15)6(9(16,17)18)10(19,20)21/h4H,2-3H2,1H3. The molecule has 0 aliphatic rings. The number of carbonyl (C=O) groups is 1. The number of esters is 1. The van der Waals surface area contributed by atoms with Gasteiger partial charge < -0.3 is 4.74 Å². The Morgan fingerprint density at radius 1 is 0.840 bits per heavy atom. The molecule has 0 aromatic rings. The lowest BCUT2D eigenvalue weighted by Gasteiger charge is -2.24. The van der Waals surface area contributed by atoms with E-state index in [0.717, 1.165) is 6.92 Å². The van der Waals surface area contributed by atoms with Gasteiger partial charge in [0.1, 0.15) is 0 Å². The largest absolute Gasteiger partial charge is 0.432 e. The third-order valence-electron chi connectivity index (χ3n) is 2.44. The number of alkyl halides is 12. The van der Waals surface area contributed by atoms with E-state index in [9.17, 15) is 57.5 Å². The minimum absolute atomic E-state index is 0.341. The molecule has 0 fully saturated rings. The van der Waals surface area contributed by atoms with Crippen molar-refractivity contribution in [1.29, 1.82) is 0 Å². The van der Waals surface area contributed by atoms with Gasteiger partial charge in [0, 0.05) is 0 Å². The maximum Gasteiger partial charge on any atom is 0.432 e. The zero-order valence-electron chi connectivity index (χ0n) is 11.8. The smallest absolute Gasteiger partial charge is 0.395 e. The van der Waals surface area contributed by atoms with Gasteiger partial charge in [0.2, 0.25) is 6.17 Å². The van der Waals surface area contributed by atoms with Gasteiger partial charge in [-0.1, -0.05) is 13.3 Å². The van der Waals surface area contributed by atoms with Crippen molar-refractivity contribution in [3.8, 4) is 0 Å². The summed E-state index contributed by atoms with van der Waals surface area (Å²) in [5, 5.41) is 0. The quantitative estimate of drug-likeness (QED) is 0.358. The molecule has 0 aliphatic heterocycles. The Kier molecular flexibility index (Phi) is 6.84. The second-order valence-corrected chi connectivity index (χ2v) is 4.45. The molecule has 1 unspecified atom stereocenters. The number of halogens is 12. The van der Waals surface area contributed by atoms with E-state index in [-0.39, 0.29) is 6.42 Å². The highest BCUT2D eigenvalue weighted by molar-refractivity contribution is 5.91. The van der Waals surface area contributed by atoms with Crippen LogP contribution in [0.1, 0.15) is 19.8 Å². The maximum absolute atomic E-state index is 13.1. The lowest BCUT2D eigenvalue weighted by Crippen LogP contribution is -2.41. The molecule has 0 saturated heterocycles. The molecule has 0 saturated carbocycles. The molecular formula is C11H8F12O2. The summed E-state index contributed by atoms with van der Waals surface area (Å²) in [7, 11) is 0. The predicted octanol–water partition coefficient (Wildman–Crippen LogP) is 5.24. The molecule has 25 heavy (non-hydrogen) atoms. The van der Waals surface area contributed by atoms with Crippen molar-refractivity contribution < 1.29 is 62.2 Å². The molecule has 0 spiro atoms. The fraction of sp³-hybridized carbons (Fsp3) is 0.727. The number of rotatable bonds is 5. The van der Waals surface area contributed by atoms with Gasteiger partial charge in [-0.3, -0.25) is 0 Å². The van der Waals surface area contributed by atoms with Gasteiger partial charge in [0.05, 0.1) is 0 Å². The third-order valence-corrected chi connectivity index (χ3v) is 2.44. The van der Waals surface area contributed by atoms with Crippen LogP contribution in [0.4, 0.5) is 52.7 Å². The first-order valence-corrected chi connectivity index (χ1v) is 6.06. The summed E-state index contributed by atoms with van der Waals surface area (Å²) in [6.45, 7) is 1.12. The minimum atomic E-state index is -6.78. The number of carbonyl (C=O) groups excluding carboxylic acids is 1. The molecule has 148 valence electrons. The Balaban J connectivity index is 6.25. The van der Waals surface area contributed by atoms with E-state index in [1.165, 1.54) is 0 Å². The predicted molar refractivity (Wildman–Crippen MR) is 56.0 cm³/mol. The number of ether oxygens (including phenoxy) is 1. The highest BCUT2D eigenvalue weighted by Crippen LogP contribution is 2.45. The highest BCUT2D eigenvalue weighted by Gasteiger charge is 2.61. The molecule has 14 heteroatoms. The topological polar surface area (TPSA) is 26.3 Å². The Labute approximate surface area is 131 Å². The van der Waals surface area contributed by atoms with Crippen LogP contribution in [0.5, 0.6) is 0 Å².